The molecule has 0 saturated carbocycles. The number of ether oxygens (including phenoxy) is 2. The van der Waals surface area contributed by atoms with Gasteiger partial charge in [0.05, 0.1) is 32.1 Å². The summed E-state index contributed by atoms with van der Waals surface area (Å²) in [6.45, 7) is 2.99. The zero-order valence-corrected chi connectivity index (χ0v) is 15.7. The molecule has 1 amide bonds. The third kappa shape index (κ3) is 7.81. The predicted molar refractivity (Wildman–Crippen MR) is 94.4 cm³/mol. The Hall–Kier alpha value is -2.17. The van der Waals surface area contributed by atoms with Gasteiger partial charge in [0.15, 0.2) is 6.04 Å². The summed E-state index contributed by atoms with van der Waals surface area (Å²) in [5.74, 6) is -1.78. The molecule has 0 bridgehead atoms. The van der Waals surface area contributed by atoms with Gasteiger partial charge >= 0.3 is 5.97 Å². The minimum atomic E-state index is -3.70. The van der Waals surface area contributed by atoms with Crippen LogP contribution in [-0.4, -0.2) is 57.5 Å². The summed E-state index contributed by atoms with van der Waals surface area (Å²) < 4.78 is 35.8. The highest BCUT2D eigenvalue weighted by molar-refractivity contribution is 7.89. The van der Waals surface area contributed by atoms with Gasteiger partial charge in [-0.1, -0.05) is 12.1 Å². The lowest BCUT2D eigenvalue weighted by Crippen LogP contribution is -2.41. The van der Waals surface area contributed by atoms with Crippen LogP contribution in [0.25, 0.3) is 0 Å². The highest BCUT2D eigenvalue weighted by Crippen LogP contribution is 2.17. The predicted octanol–water partition coefficient (Wildman–Crippen LogP) is 0.282. The second kappa shape index (κ2) is 10.1. The van der Waals surface area contributed by atoms with Gasteiger partial charge in [0.1, 0.15) is 5.75 Å². The summed E-state index contributed by atoms with van der Waals surface area (Å²) in [7, 11) is -2.23. The molecule has 0 radical (unpaired) electrons. The number of amides is 1. The molecule has 0 aliphatic rings. The highest BCUT2D eigenvalue weighted by Gasteiger charge is 2.23. The molecule has 146 valence electrons. The van der Waals surface area contributed by atoms with Gasteiger partial charge in [-0.2, -0.15) is 0 Å². The number of carbonyl (C=O) groups is 2. The number of nitrogens with one attached hydrogen (secondary N) is 2. The maximum atomic E-state index is 11.9. The lowest BCUT2D eigenvalue weighted by molar-refractivity contribution is -0.141. The van der Waals surface area contributed by atoms with Gasteiger partial charge in [-0.05, 0) is 31.5 Å². The van der Waals surface area contributed by atoms with Gasteiger partial charge in [0.2, 0.25) is 15.9 Å². The van der Waals surface area contributed by atoms with Crippen molar-refractivity contribution in [2.24, 2.45) is 0 Å². The smallest absolute Gasteiger partial charge is 0.330 e. The van der Waals surface area contributed by atoms with Crippen LogP contribution in [-0.2, 0) is 24.3 Å². The van der Waals surface area contributed by atoms with Crippen molar-refractivity contribution in [1.82, 2.24) is 10.0 Å². The van der Waals surface area contributed by atoms with E-state index in [1.807, 2.05) is 0 Å². The Labute approximate surface area is 152 Å². The van der Waals surface area contributed by atoms with Crippen LogP contribution in [0.3, 0.4) is 0 Å². The van der Waals surface area contributed by atoms with Crippen molar-refractivity contribution in [3.05, 3.63) is 29.8 Å². The minimum Gasteiger partial charge on any atom is -0.497 e. The minimum absolute atomic E-state index is 0.00177. The lowest BCUT2D eigenvalue weighted by atomic mass is 10.1. The molecule has 3 N–H and O–H groups in total. The van der Waals surface area contributed by atoms with E-state index < -0.39 is 34.5 Å². The van der Waals surface area contributed by atoms with E-state index in [4.69, 9.17) is 9.47 Å². The number of methoxy groups -OCH3 is 1. The molecule has 1 aromatic carbocycles. The molecule has 0 spiro atoms. The first-order valence-corrected chi connectivity index (χ1v) is 9.55. The number of sulfonamides is 1. The van der Waals surface area contributed by atoms with E-state index in [0.29, 0.717) is 11.3 Å². The zero-order valence-electron chi connectivity index (χ0n) is 14.9. The fraction of sp³-hybridized carbons (Fsp3) is 0.500. The number of carbonyl (C=O) groups excluding carboxylic acids is 1. The largest absolute Gasteiger partial charge is 0.497 e. The summed E-state index contributed by atoms with van der Waals surface area (Å²) in [6, 6.07) is 4.84. The summed E-state index contributed by atoms with van der Waals surface area (Å²) in [5, 5.41) is 11.6. The number of hydrogen-bond donors (Lipinski definition) is 3. The molecule has 1 atom stereocenters. The molecular formula is C16H24N2O7S. The molecule has 0 saturated heterocycles. The van der Waals surface area contributed by atoms with E-state index in [0.717, 1.165) is 0 Å². The molecule has 0 aromatic heterocycles. The van der Waals surface area contributed by atoms with Crippen LogP contribution in [0.15, 0.2) is 24.3 Å². The molecule has 0 heterocycles. The molecule has 1 unspecified atom stereocenters. The molecule has 9 nitrogen and oxygen atoms in total. The average Bonchev–Trinajstić information content (AvgIpc) is 2.57. The Kier molecular flexibility index (Phi) is 8.49. The Morgan fingerprint density at radius 2 is 1.81 bits per heavy atom. The van der Waals surface area contributed by atoms with Crippen LogP contribution < -0.4 is 14.8 Å². The maximum Gasteiger partial charge on any atom is 0.330 e. The van der Waals surface area contributed by atoms with Gasteiger partial charge < -0.3 is 19.9 Å². The first-order valence-electron chi connectivity index (χ1n) is 7.89. The fourth-order valence-corrected chi connectivity index (χ4v) is 2.75. The normalized spacial score (nSPS) is 12.6. The second-order valence-corrected chi connectivity index (χ2v) is 7.60. The molecule has 0 fully saturated rings. The standard InChI is InChI=1S/C16H24N2O7S/c1-11(2)25-8-9-26(22,23)17-10-14(19)18-15(16(20)21)12-4-6-13(24-3)7-5-12/h4-7,11,15,17H,8-10H2,1-3H3,(H,18,19)(H,20,21). The molecule has 10 heteroatoms. The van der Waals surface area contributed by atoms with E-state index in [-0.39, 0.29) is 18.5 Å². The molecule has 0 aliphatic carbocycles. The Morgan fingerprint density at radius 1 is 1.19 bits per heavy atom. The Bertz CT molecular complexity index is 702. The van der Waals surface area contributed by atoms with Crippen molar-refractivity contribution in [3.8, 4) is 5.75 Å². The van der Waals surface area contributed by atoms with Gasteiger partial charge in [-0.3, -0.25) is 4.79 Å². The summed E-state index contributed by atoms with van der Waals surface area (Å²) >= 11 is 0. The number of hydrogen-bond acceptors (Lipinski definition) is 6. The van der Waals surface area contributed by atoms with Gasteiger partial charge in [0, 0.05) is 0 Å². The van der Waals surface area contributed by atoms with Crippen molar-refractivity contribution < 1.29 is 32.6 Å². The summed E-state index contributed by atoms with van der Waals surface area (Å²) in [6.07, 6.45) is -0.102. The number of carboxylic acids is 1. The first-order chi connectivity index (χ1) is 12.1. The number of carboxylic acid groups (broad SMARTS) is 1. The molecular weight excluding hydrogens is 364 g/mol. The van der Waals surface area contributed by atoms with Crippen LogP contribution in [0.4, 0.5) is 0 Å². The van der Waals surface area contributed by atoms with Crippen molar-refractivity contribution in [2.75, 3.05) is 26.0 Å². The molecule has 1 aromatic rings. The highest BCUT2D eigenvalue weighted by atomic mass is 32.2. The molecule has 26 heavy (non-hydrogen) atoms. The van der Waals surface area contributed by atoms with Crippen LogP contribution in [0.5, 0.6) is 5.75 Å². The summed E-state index contributed by atoms with van der Waals surface area (Å²) in [5.41, 5.74) is 0.333. The van der Waals surface area contributed by atoms with E-state index in [1.54, 1.807) is 26.0 Å². The number of benzene rings is 1. The second-order valence-electron chi connectivity index (χ2n) is 5.67. The monoisotopic (exact) mass is 388 g/mol. The van der Waals surface area contributed by atoms with Crippen molar-refractivity contribution in [1.29, 1.82) is 0 Å². The summed E-state index contributed by atoms with van der Waals surface area (Å²) in [4.78, 5) is 23.3. The third-order valence-corrected chi connectivity index (χ3v) is 4.55. The Morgan fingerprint density at radius 3 is 2.31 bits per heavy atom. The van der Waals surface area contributed by atoms with E-state index in [9.17, 15) is 23.1 Å². The van der Waals surface area contributed by atoms with E-state index >= 15 is 0 Å². The van der Waals surface area contributed by atoms with Gasteiger partial charge in [-0.15, -0.1) is 0 Å². The quantitative estimate of drug-likeness (QED) is 0.496. The zero-order chi connectivity index (χ0) is 19.7. The van der Waals surface area contributed by atoms with Crippen LogP contribution in [0.1, 0.15) is 25.5 Å². The van der Waals surface area contributed by atoms with Gasteiger partial charge in [0.25, 0.3) is 0 Å². The van der Waals surface area contributed by atoms with Crippen LogP contribution in [0, 0.1) is 0 Å². The Balaban J connectivity index is 2.61. The van der Waals surface area contributed by atoms with Crippen LogP contribution >= 0.6 is 0 Å². The van der Waals surface area contributed by atoms with Crippen molar-refractivity contribution >= 4 is 21.9 Å². The van der Waals surface area contributed by atoms with Gasteiger partial charge in [-0.25, -0.2) is 17.9 Å². The lowest BCUT2D eigenvalue weighted by Gasteiger charge is -2.16. The van der Waals surface area contributed by atoms with Crippen molar-refractivity contribution in [3.63, 3.8) is 0 Å². The topological polar surface area (TPSA) is 131 Å². The van der Waals surface area contributed by atoms with Crippen LogP contribution in [0.2, 0.25) is 0 Å². The molecule has 0 aliphatic heterocycles. The molecule has 1 rings (SSSR count). The number of rotatable bonds is 11. The third-order valence-electron chi connectivity index (χ3n) is 3.26. The van der Waals surface area contributed by atoms with E-state index in [2.05, 4.69) is 10.0 Å². The maximum absolute atomic E-state index is 11.9. The fourth-order valence-electron chi connectivity index (χ4n) is 1.94. The average molecular weight is 388 g/mol. The van der Waals surface area contributed by atoms with E-state index in [1.165, 1.54) is 19.2 Å². The van der Waals surface area contributed by atoms with Crippen molar-refractivity contribution in [2.45, 2.75) is 26.0 Å². The number of aliphatic carboxylic acids is 1. The first kappa shape index (κ1) is 21.9. The SMILES string of the molecule is COc1ccc(C(NC(=O)CNS(=O)(=O)CCOC(C)C)C(=O)O)cc1.